The fourth-order valence-corrected chi connectivity index (χ4v) is 2.48. The maximum absolute atomic E-state index is 5.82. The lowest BCUT2D eigenvalue weighted by molar-refractivity contribution is 0.296. The van der Waals surface area contributed by atoms with Crippen molar-refractivity contribution in [2.24, 2.45) is 0 Å². The second-order valence-electron chi connectivity index (χ2n) is 5.00. The highest BCUT2D eigenvalue weighted by Crippen LogP contribution is 2.33. The summed E-state index contributed by atoms with van der Waals surface area (Å²) in [4.78, 5) is 8.40. The monoisotopic (exact) mass is 297 g/mol. The van der Waals surface area contributed by atoms with E-state index in [1.54, 1.807) is 6.20 Å². The largest absolute Gasteiger partial charge is 0.490 e. The second kappa shape index (κ2) is 5.51. The van der Waals surface area contributed by atoms with E-state index in [2.05, 4.69) is 25.5 Å². The van der Waals surface area contributed by atoms with Crippen LogP contribution >= 0.6 is 0 Å². The van der Waals surface area contributed by atoms with Crippen LogP contribution in [0.3, 0.4) is 0 Å². The summed E-state index contributed by atoms with van der Waals surface area (Å²) in [6, 6.07) is 5.93. The SMILES string of the molecule is c1cc(CNc2ncnc3[nH]ncc23)c2c(c1)OCCCO2. The summed E-state index contributed by atoms with van der Waals surface area (Å²) in [5.41, 5.74) is 1.75. The Morgan fingerprint density at radius 2 is 2.14 bits per heavy atom. The molecule has 112 valence electrons. The molecule has 0 amide bonds. The van der Waals surface area contributed by atoms with Crippen molar-refractivity contribution in [1.29, 1.82) is 0 Å². The summed E-state index contributed by atoms with van der Waals surface area (Å²) in [5.74, 6) is 2.35. The first-order chi connectivity index (χ1) is 10.9. The molecule has 0 radical (unpaired) electrons. The van der Waals surface area contributed by atoms with Gasteiger partial charge in [-0.05, 0) is 6.07 Å². The number of nitrogens with one attached hydrogen (secondary N) is 2. The predicted octanol–water partition coefficient (Wildman–Crippen LogP) is 2.13. The normalized spacial score (nSPS) is 13.8. The number of para-hydroxylation sites is 1. The van der Waals surface area contributed by atoms with Gasteiger partial charge in [-0.25, -0.2) is 9.97 Å². The van der Waals surface area contributed by atoms with Gasteiger partial charge in [0.05, 0.1) is 24.8 Å². The van der Waals surface area contributed by atoms with Crippen LogP contribution in [0.2, 0.25) is 0 Å². The van der Waals surface area contributed by atoms with Gasteiger partial charge in [-0.15, -0.1) is 0 Å². The first kappa shape index (κ1) is 12.9. The molecule has 0 fully saturated rings. The van der Waals surface area contributed by atoms with E-state index in [-0.39, 0.29) is 0 Å². The summed E-state index contributed by atoms with van der Waals surface area (Å²) in [5, 5.41) is 11.0. The van der Waals surface area contributed by atoms with Crippen LogP contribution in [0.15, 0.2) is 30.7 Å². The van der Waals surface area contributed by atoms with Crippen molar-refractivity contribution >= 4 is 16.9 Å². The van der Waals surface area contributed by atoms with Crippen molar-refractivity contribution in [3.63, 3.8) is 0 Å². The molecule has 0 saturated carbocycles. The van der Waals surface area contributed by atoms with Gasteiger partial charge in [-0.3, -0.25) is 5.10 Å². The molecule has 0 spiro atoms. The van der Waals surface area contributed by atoms with Gasteiger partial charge in [0.2, 0.25) is 0 Å². The van der Waals surface area contributed by atoms with E-state index in [0.29, 0.717) is 25.4 Å². The van der Waals surface area contributed by atoms with Crippen molar-refractivity contribution in [3.05, 3.63) is 36.3 Å². The molecule has 22 heavy (non-hydrogen) atoms. The zero-order chi connectivity index (χ0) is 14.8. The molecule has 0 unspecified atom stereocenters. The number of benzene rings is 1. The van der Waals surface area contributed by atoms with E-state index in [1.165, 1.54) is 6.33 Å². The Balaban J connectivity index is 1.61. The number of hydrogen-bond acceptors (Lipinski definition) is 6. The van der Waals surface area contributed by atoms with Gasteiger partial charge in [0.1, 0.15) is 12.1 Å². The minimum atomic E-state index is 0.587. The average Bonchev–Trinajstić information content (AvgIpc) is 2.90. The fraction of sp³-hybridized carbons (Fsp3) is 0.267. The Morgan fingerprint density at radius 3 is 3.14 bits per heavy atom. The van der Waals surface area contributed by atoms with Crippen molar-refractivity contribution in [1.82, 2.24) is 20.2 Å². The molecule has 0 bridgehead atoms. The molecule has 3 aromatic rings. The number of fused-ring (bicyclic) bond motifs is 2. The van der Waals surface area contributed by atoms with Crippen LogP contribution in [-0.2, 0) is 6.54 Å². The number of H-pyrrole nitrogens is 1. The molecule has 2 N–H and O–H groups in total. The quantitative estimate of drug-likeness (QED) is 0.770. The molecule has 0 saturated heterocycles. The number of hydrogen-bond donors (Lipinski definition) is 2. The minimum Gasteiger partial charge on any atom is -0.490 e. The maximum atomic E-state index is 5.82. The molecule has 2 aromatic heterocycles. The summed E-state index contributed by atoms with van der Waals surface area (Å²) in [6.45, 7) is 1.94. The molecule has 1 aromatic carbocycles. The number of ether oxygens (including phenoxy) is 2. The first-order valence-electron chi connectivity index (χ1n) is 7.17. The molecule has 0 atom stereocenters. The average molecular weight is 297 g/mol. The molecule has 0 aliphatic carbocycles. The van der Waals surface area contributed by atoms with Gasteiger partial charge in [-0.1, -0.05) is 12.1 Å². The van der Waals surface area contributed by atoms with Gasteiger partial charge < -0.3 is 14.8 Å². The standard InChI is InChI=1S/C15H15N5O2/c1-3-10(13-12(4-1)21-5-2-6-22-13)7-16-14-11-8-19-20-15(11)18-9-17-14/h1,3-4,8-9H,2,5-7H2,(H2,16,17,18,19,20). The van der Waals surface area contributed by atoms with Gasteiger partial charge in [-0.2, -0.15) is 5.10 Å². The minimum absolute atomic E-state index is 0.587. The van der Waals surface area contributed by atoms with Crippen LogP contribution in [0.25, 0.3) is 11.0 Å². The number of aromatic nitrogens is 4. The molecule has 4 rings (SSSR count). The van der Waals surface area contributed by atoms with Crippen LogP contribution in [-0.4, -0.2) is 33.4 Å². The van der Waals surface area contributed by atoms with E-state index in [1.807, 2.05) is 18.2 Å². The zero-order valence-corrected chi connectivity index (χ0v) is 11.9. The van der Waals surface area contributed by atoms with Crippen LogP contribution in [0.1, 0.15) is 12.0 Å². The predicted molar refractivity (Wildman–Crippen MR) is 81.1 cm³/mol. The maximum Gasteiger partial charge on any atom is 0.166 e. The molecule has 7 heteroatoms. The van der Waals surface area contributed by atoms with Crippen molar-refractivity contribution in [3.8, 4) is 11.5 Å². The van der Waals surface area contributed by atoms with Crippen molar-refractivity contribution in [2.45, 2.75) is 13.0 Å². The van der Waals surface area contributed by atoms with E-state index < -0.39 is 0 Å². The highest BCUT2D eigenvalue weighted by Gasteiger charge is 2.14. The molecule has 7 nitrogen and oxygen atoms in total. The van der Waals surface area contributed by atoms with E-state index in [0.717, 1.165) is 34.7 Å². The number of nitrogens with zero attached hydrogens (tertiary/aromatic N) is 3. The van der Waals surface area contributed by atoms with Gasteiger partial charge >= 0.3 is 0 Å². The smallest absolute Gasteiger partial charge is 0.166 e. The van der Waals surface area contributed by atoms with E-state index in [4.69, 9.17) is 9.47 Å². The van der Waals surface area contributed by atoms with Crippen molar-refractivity contribution < 1.29 is 9.47 Å². The lowest BCUT2D eigenvalue weighted by Crippen LogP contribution is -2.05. The van der Waals surface area contributed by atoms with Crippen LogP contribution < -0.4 is 14.8 Å². The number of rotatable bonds is 3. The highest BCUT2D eigenvalue weighted by atomic mass is 16.5. The summed E-state index contributed by atoms with van der Waals surface area (Å²) >= 11 is 0. The zero-order valence-electron chi connectivity index (χ0n) is 11.9. The number of aromatic amines is 1. The molecule has 1 aliphatic rings. The highest BCUT2D eigenvalue weighted by molar-refractivity contribution is 5.85. The number of anilines is 1. The first-order valence-corrected chi connectivity index (χ1v) is 7.17. The molecular weight excluding hydrogens is 282 g/mol. The topological polar surface area (TPSA) is 85.0 Å². The summed E-state index contributed by atoms with van der Waals surface area (Å²) in [7, 11) is 0. The van der Waals surface area contributed by atoms with Crippen LogP contribution in [0.5, 0.6) is 11.5 Å². The Morgan fingerprint density at radius 1 is 1.18 bits per heavy atom. The summed E-state index contributed by atoms with van der Waals surface area (Å²) in [6.07, 6.45) is 4.11. The van der Waals surface area contributed by atoms with E-state index >= 15 is 0 Å². The third kappa shape index (κ3) is 2.30. The van der Waals surface area contributed by atoms with Crippen LogP contribution in [0.4, 0.5) is 5.82 Å². The van der Waals surface area contributed by atoms with Gasteiger partial charge in [0.25, 0.3) is 0 Å². The second-order valence-corrected chi connectivity index (χ2v) is 5.00. The Kier molecular flexibility index (Phi) is 3.23. The lowest BCUT2D eigenvalue weighted by Gasteiger charge is -2.13. The van der Waals surface area contributed by atoms with E-state index in [9.17, 15) is 0 Å². The van der Waals surface area contributed by atoms with Gasteiger partial charge in [0, 0.05) is 18.5 Å². The fourth-order valence-electron chi connectivity index (χ4n) is 2.48. The Hall–Kier alpha value is -2.83. The van der Waals surface area contributed by atoms with Gasteiger partial charge in [0.15, 0.2) is 17.1 Å². The van der Waals surface area contributed by atoms with Crippen molar-refractivity contribution in [2.75, 3.05) is 18.5 Å². The van der Waals surface area contributed by atoms with Crippen LogP contribution in [0, 0.1) is 0 Å². The third-order valence-corrected chi connectivity index (χ3v) is 3.55. The lowest BCUT2D eigenvalue weighted by atomic mass is 10.2. The third-order valence-electron chi connectivity index (χ3n) is 3.55. The Bertz CT molecular complexity index is 801. The molecule has 3 heterocycles. The summed E-state index contributed by atoms with van der Waals surface area (Å²) < 4.78 is 11.5. The molecular formula is C15H15N5O2. The molecule has 1 aliphatic heterocycles. The Labute approximate surface area is 126 Å².